The summed E-state index contributed by atoms with van der Waals surface area (Å²) >= 11 is 0. The van der Waals surface area contributed by atoms with Crippen LogP contribution in [0.25, 0.3) is 0 Å². The predicted octanol–water partition coefficient (Wildman–Crippen LogP) is 0.590. The molecule has 19 heavy (non-hydrogen) atoms. The number of hydrogen-bond donors (Lipinski definition) is 4. The van der Waals surface area contributed by atoms with E-state index in [0.29, 0.717) is 18.5 Å². The molecule has 104 valence electrons. The minimum atomic E-state index is -0.952. The Balaban J connectivity index is 2.15. The Morgan fingerprint density at radius 3 is 2.74 bits per heavy atom. The molecule has 0 radical (unpaired) electrons. The van der Waals surface area contributed by atoms with E-state index in [1.807, 2.05) is 31.2 Å². The molecule has 1 aliphatic rings. The lowest BCUT2D eigenvalue weighted by Crippen LogP contribution is -2.46. The maximum Gasteiger partial charge on any atom is 0.108 e. The van der Waals surface area contributed by atoms with Crippen molar-refractivity contribution >= 4 is 5.69 Å². The molecule has 0 spiro atoms. The first-order valence-electron chi connectivity index (χ1n) is 6.53. The SMILES string of the molecule is Cc1cccc(N(N)/C=C(\N)C2(O)CCNCC2)c1. The van der Waals surface area contributed by atoms with Crippen molar-refractivity contribution in [3.8, 4) is 0 Å². The van der Waals surface area contributed by atoms with E-state index in [0.717, 1.165) is 24.3 Å². The van der Waals surface area contributed by atoms with E-state index in [1.165, 1.54) is 5.01 Å². The van der Waals surface area contributed by atoms with Crippen molar-refractivity contribution in [1.82, 2.24) is 5.32 Å². The minimum absolute atomic E-state index is 0.415. The van der Waals surface area contributed by atoms with Gasteiger partial charge in [-0.2, -0.15) is 0 Å². The smallest absolute Gasteiger partial charge is 0.108 e. The highest BCUT2D eigenvalue weighted by molar-refractivity contribution is 5.50. The number of rotatable bonds is 3. The number of hydrogen-bond acceptors (Lipinski definition) is 5. The van der Waals surface area contributed by atoms with E-state index < -0.39 is 5.60 Å². The van der Waals surface area contributed by atoms with E-state index in [4.69, 9.17) is 11.6 Å². The monoisotopic (exact) mass is 262 g/mol. The second-order valence-corrected chi connectivity index (χ2v) is 5.11. The molecular weight excluding hydrogens is 240 g/mol. The van der Waals surface area contributed by atoms with Crippen LogP contribution in [0, 0.1) is 6.92 Å². The van der Waals surface area contributed by atoms with Crippen molar-refractivity contribution in [2.45, 2.75) is 25.4 Å². The van der Waals surface area contributed by atoms with Gasteiger partial charge in [-0.05, 0) is 50.6 Å². The lowest BCUT2D eigenvalue weighted by atomic mass is 9.89. The second-order valence-electron chi connectivity index (χ2n) is 5.11. The molecule has 0 amide bonds. The molecule has 0 unspecified atom stereocenters. The molecule has 1 heterocycles. The van der Waals surface area contributed by atoms with Gasteiger partial charge in [0.2, 0.25) is 0 Å². The number of aryl methyl sites for hydroxylation is 1. The summed E-state index contributed by atoms with van der Waals surface area (Å²) in [7, 11) is 0. The van der Waals surface area contributed by atoms with Gasteiger partial charge < -0.3 is 16.2 Å². The first-order valence-corrected chi connectivity index (χ1v) is 6.53. The van der Waals surface area contributed by atoms with Gasteiger partial charge in [0.15, 0.2) is 0 Å². The maximum absolute atomic E-state index is 10.5. The summed E-state index contributed by atoms with van der Waals surface area (Å²) in [6.07, 6.45) is 2.83. The lowest BCUT2D eigenvalue weighted by molar-refractivity contribution is 0.0445. The molecule has 0 saturated carbocycles. The van der Waals surface area contributed by atoms with E-state index in [2.05, 4.69) is 5.32 Å². The summed E-state index contributed by atoms with van der Waals surface area (Å²) in [5.41, 5.74) is 7.46. The lowest BCUT2D eigenvalue weighted by Gasteiger charge is -2.33. The Bertz CT molecular complexity index is 466. The van der Waals surface area contributed by atoms with E-state index in [9.17, 15) is 5.11 Å². The Morgan fingerprint density at radius 2 is 2.11 bits per heavy atom. The normalized spacial score (nSPS) is 19.2. The second kappa shape index (κ2) is 5.61. The van der Waals surface area contributed by atoms with Gasteiger partial charge in [0.05, 0.1) is 11.4 Å². The first kappa shape index (κ1) is 13.9. The molecule has 0 aromatic heterocycles. The Morgan fingerprint density at radius 1 is 1.42 bits per heavy atom. The van der Waals surface area contributed by atoms with Gasteiger partial charge in [0, 0.05) is 6.20 Å². The molecule has 2 rings (SSSR count). The number of nitrogens with zero attached hydrogens (tertiary/aromatic N) is 1. The number of anilines is 1. The van der Waals surface area contributed by atoms with Gasteiger partial charge >= 0.3 is 0 Å². The molecule has 0 bridgehead atoms. The molecule has 1 aromatic carbocycles. The van der Waals surface area contributed by atoms with E-state index in [1.54, 1.807) is 6.20 Å². The fraction of sp³-hybridized carbons (Fsp3) is 0.429. The van der Waals surface area contributed by atoms with Crippen molar-refractivity contribution in [3.05, 3.63) is 41.7 Å². The predicted molar refractivity (Wildman–Crippen MR) is 77.2 cm³/mol. The van der Waals surface area contributed by atoms with Gasteiger partial charge in [0.1, 0.15) is 5.60 Å². The van der Waals surface area contributed by atoms with Gasteiger partial charge in [-0.25, -0.2) is 5.84 Å². The van der Waals surface area contributed by atoms with Crippen molar-refractivity contribution in [1.29, 1.82) is 0 Å². The van der Waals surface area contributed by atoms with Crippen molar-refractivity contribution < 1.29 is 5.11 Å². The molecule has 6 N–H and O–H groups in total. The third kappa shape index (κ3) is 3.26. The molecule has 0 atom stereocenters. The molecule has 1 aromatic rings. The van der Waals surface area contributed by atoms with Crippen LogP contribution in [0.1, 0.15) is 18.4 Å². The quantitative estimate of drug-likeness (QED) is 0.473. The molecule has 1 saturated heterocycles. The molecular formula is C14H22N4O. The van der Waals surface area contributed by atoms with Crippen LogP contribution in [0.2, 0.25) is 0 Å². The Labute approximate surface area is 113 Å². The molecule has 1 aliphatic heterocycles. The van der Waals surface area contributed by atoms with Crippen LogP contribution in [0.15, 0.2) is 36.2 Å². The minimum Gasteiger partial charge on any atom is -0.398 e. The molecule has 5 nitrogen and oxygen atoms in total. The zero-order chi connectivity index (χ0) is 13.9. The average molecular weight is 262 g/mol. The van der Waals surface area contributed by atoms with Crippen LogP contribution in [0.4, 0.5) is 5.69 Å². The standard InChI is InChI=1S/C14H22N4O/c1-11-3-2-4-12(9-11)18(16)10-13(15)14(19)5-7-17-8-6-14/h2-4,9-10,17,19H,5-8,15-16H2,1H3/b13-10-. The molecule has 0 aliphatic carbocycles. The first-order chi connectivity index (χ1) is 9.01. The molecule has 1 fully saturated rings. The number of aliphatic hydroxyl groups is 1. The highest BCUT2D eigenvalue weighted by Gasteiger charge is 2.32. The topological polar surface area (TPSA) is 87.5 Å². The third-order valence-electron chi connectivity index (χ3n) is 3.55. The van der Waals surface area contributed by atoms with Crippen LogP contribution in [0.5, 0.6) is 0 Å². The summed E-state index contributed by atoms with van der Waals surface area (Å²) in [5.74, 6) is 5.98. The van der Waals surface area contributed by atoms with Crippen molar-refractivity contribution in [2.24, 2.45) is 11.6 Å². The highest BCUT2D eigenvalue weighted by Crippen LogP contribution is 2.24. The maximum atomic E-state index is 10.5. The number of nitrogens with two attached hydrogens (primary N) is 2. The van der Waals surface area contributed by atoms with Crippen LogP contribution in [0.3, 0.4) is 0 Å². The number of nitrogens with one attached hydrogen (secondary N) is 1. The van der Waals surface area contributed by atoms with Crippen LogP contribution < -0.4 is 21.9 Å². The zero-order valence-corrected chi connectivity index (χ0v) is 11.3. The van der Waals surface area contributed by atoms with E-state index >= 15 is 0 Å². The van der Waals surface area contributed by atoms with Gasteiger partial charge in [-0.15, -0.1) is 0 Å². The summed E-state index contributed by atoms with van der Waals surface area (Å²) in [6, 6.07) is 7.82. The fourth-order valence-corrected chi connectivity index (χ4v) is 2.26. The highest BCUT2D eigenvalue weighted by atomic mass is 16.3. The zero-order valence-electron chi connectivity index (χ0n) is 11.3. The summed E-state index contributed by atoms with van der Waals surface area (Å²) in [6.45, 7) is 3.53. The number of benzene rings is 1. The fourth-order valence-electron chi connectivity index (χ4n) is 2.26. The van der Waals surface area contributed by atoms with Crippen molar-refractivity contribution in [2.75, 3.05) is 18.1 Å². The van der Waals surface area contributed by atoms with Gasteiger partial charge in [0.25, 0.3) is 0 Å². The Hall–Kier alpha value is -1.56. The Kier molecular flexibility index (Phi) is 4.09. The summed E-state index contributed by atoms with van der Waals surface area (Å²) in [4.78, 5) is 0. The van der Waals surface area contributed by atoms with Crippen LogP contribution in [-0.2, 0) is 0 Å². The third-order valence-corrected chi connectivity index (χ3v) is 3.55. The number of piperidine rings is 1. The average Bonchev–Trinajstić information content (AvgIpc) is 2.39. The summed E-state index contributed by atoms with van der Waals surface area (Å²) in [5, 5.41) is 15.1. The van der Waals surface area contributed by atoms with Crippen LogP contribution >= 0.6 is 0 Å². The molecule has 5 heteroatoms. The van der Waals surface area contributed by atoms with Crippen LogP contribution in [-0.4, -0.2) is 23.8 Å². The number of hydrazine groups is 1. The van der Waals surface area contributed by atoms with E-state index in [-0.39, 0.29) is 0 Å². The largest absolute Gasteiger partial charge is 0.398 e. The van der Waals surface area contributed by atoms with Gasteiger partial charge in [-0.3, -0.25) is 5.01 Å². The summed E-state index contributed by atoms with van der Waals surface area (Å²) < 4.78 is 0. The van der Waals surface area contributed by atoms with Crippen molar-refractivity contribution in [3.63, 3.8) is 0 Å². The van der Waals surface area contributed by atoms with Gasteiger partial charge in [-0.1, -0.05) is 12.1 Å².